The van der Waals surface area contributed by atoms with Gasteiger partial charge in [0.25, 0.3) is 17.7 Å². The van der Waals surface area contributed by atoms with Crippen molar-refractivity contribution in [3.8, 4) is 0 Å². The SMILES string of the molecule is O=C(CN(C(=O)c1ccc(Cl)cc1)N1C(=O)[C@@H]2[C@@H](C1=O)[C@@]1(Cl)C(Cl)=C(Cl)[C@@]2(Cl)C1(Cl)Cl)c1cccs1. The molecule has 1 aromatic heterocycles. The zero-order valence-electron chi connectivity index (χ0n) is 17.5. The molecule has 1 aliphatic heterocycles. The van der Waals surface area contributed by atoms with E-state index in [0.717, 1.165) is 16.3 Å². The molecule has 3 amide bonds. The van der Waals surface area contributed by atoms with Crippen molar-refractivity contribution in [3.63, 3.8) is 0 Å². The van der Waals surface area contributed by atoms with Crippen LogP contribution in [0.1, 0.15) is 20.0 Å². The van der Waals surface area contributed by atoms with Gasteiger partial charge in [-0.2, -0.15) is 5.01 Å². The smallest absolute Gasteiger partial charge is 0.273 e. The zero-order chi connectivity index (χ0) is 26.4. The summed E-state index contributed by atoms with van der Waals surface area (Å²) in [5.74, 6) is -6.12. The number of thiophene rings is 1. The maximum absolute atomic E-state index is 13.8. The Morgan fingerprint density at radius 1 is 0.889 bits per heavy atom. The molecule has 0 radical (unpaired) electrons. The molecule has 2 heterocycles. The molecule has 2 aromatic rings. The molecule has 1 saturated carbocycles. The minimum Gasteiger partial charge on any atom is -0.291 e. The van der Waals surface area contributed by atoms with Crippen LogP contribution in [0.25, 0.3) is 0 Å². The van der Waals surface area contributed by atoms with E-state index in [0.29, 0.717) is 14.9 Å². The number of hydrogen-bond donors (Lipinski definition) is 0. The Balaban J connectivity index is 1.60. The molecule has 4 atom stereocenters. The van der Waals surface area contributed by atoms with Crippen molar-refractivity contribution in [2.75, 3.05) is 6.54 Å². The molecule has 14 heteroatoms. The van der Waals surface area contributed by atoms with E-state index < -0.39 is 56.0 Å². The van der Waals surface area contributed by atoms with Crippen LogP contribution in [0.2, 0.25) is 5.02 Å². The fraction of sp³-hybridized carbons (Fsp3) is 0.273. The lowest BCUT2D eigenvalue weighted by Gasteiger charge is -2.36. The topological polar surface area (TPSA) is 74.8 Å². The molecular formula is C22H11Cl7N2O4S. The highest BCUT2D eigenvalue weighted by atomic mass is 35.5. The maximum atomic E-state index is 13.8. The van der Waals surface area contributed by atoms with E-state index >= 15 is 0 Å². The Kier molecular flexibility index (Phi) is 6.46. The molecule has 6 nitrogen and oxygen atoms in total. The van der Waals surface area contributed by atoms with E-state index in [-0.39, 0.29) is 15.6 Å². The maximum Gasteiger partial charge on any atom is 0.273 e. The summed E-state index contributed by atoms with van der Waals surface area (Å²) in [6.07, 6.45) is 0. The van der Waals surface area contributed by atoms with Crippen molar-refractivity contribution in [2.24, 2.45) is 11.8 Å². The minimum atomic E-state index is -2.12. The summed E-state index contributed by atoms with van der Waals surface area (Å²) in [7, 11) is 0. The summed E-state index contributed by atoms with van der Waals surface area (Å²) in [6.45, 7) is -0.634. The van der Waals surface area contributed by atoms with Gasteiger partial charge in [0, 0.05) is 10.6 Å². The summed E-state index contributed by atoms with van der Waals surface area (Å²) < 4.78 is -2.12. The largest absolute Gasteiger partial charge is 0.291 e. The second kappa shape index (κ2) is 8.75. The molecule has 0 unspecified atom stereocenters. The number of hydrazine groups is 1. The van der Waals surface area contributed by atoms with Crippen molar-refractivity contribution < 1.29 is 19.2 Å². The van der Waals surface area contributed by atoms with E-state index in [2.05, 4.69) is 0 Å². The van der Waals surface area contributed by atoms with Gasteiger partial charge < -0.3 is 0 Å². The highest BCUT2D eigenvalue weighted by Gasteiger charge is 2.88. The van der Waals surface area contributed by atoms with Crippen LogP contribution in [0.3, 0.4) is 0 Å². The van der Waals surface area contributed by atoms with Crippen molar-refractivity contribution in [1.82, 2.24) is 10.0 Å². The molecule has 5 rings (SSSR count). The molecule has 188 valence electrons. The van der Waals surface area contributed by atoms with Crippen molar-refractivity contribution >= 4 is 116 Å². The quantitative estimate of drug-likeness (QED) is 0.224. The molecule has 0 spiro atoms. The van der Waals surface area contributed by atoms with Gasteiger partial charge in [0.15, 0.2) is 10.1 Å². The van der Waals surface area contributed by atoms with Crippen LogP contribution >= 0.6 is 92.5 Å². The molecule has 36 heavy (non-hydrogen) atoms. The number of fused-ring (bicyclic) bond motifs is 5. The molecule has 1 aromatic carbocycles. The van der Waals surface area contributed by atoms with Gasteiger partial charge in [-0.15, -0.1) is 34.5 Å². The predicted molar refractivity (Wildman–Crippen MR) is 140 cm³/mol. The third-order valence-electron chi connectivity index (χ3n) is 6.54. The van der Waals surface area contributed by atoms with Crippen LogP contribution in [0, 0.1) is 11.8 Å². The summed E-state index contributed by atoms with van der Waals surface area (Å²) >= 11 is 46.3. The Bertz CT molecular complexity index is 1320. The number of allylic oxidation sites excluding steroid dienone is 2. The predicted octanol–water partition coefficient (Wildman–Crippen LogP) is 6.09. The first-order chi connectivity index (χ1) is 16.8. The lowest BCUT2D eigenvalue weighted by Crippen LogP contribution is -2.56. The zero-order valence-corrected chi connectivity index (χ0v) is 23.6. The average molecular weight is 648 g/mol. The molecule has 1 saturated heterocycles. The number of ketones is 1. The third-order valence-corrected chi connectivity index (χ3v) is 12.0. The van der Waals surface area contributed by atoms with Crippen LogP contribution in [0.5, 0.6) is 0 Å². The van der Waals surface area contributed by atoms with Crippen LogP contribution in [0.15, 0.2) is 51.8 Å². The van der Waals surface area contributed by atoms with Gasteiger partial charge in [-0.1, -0.05) is 64.1 Å². The van der Waals surface area contributed by atoms with E-state index in [9.17, 15) is 19.2 Å². The fourth-order valence-electron chi connectivity index (χ4n) is 4.84. The highest BCUT2D eigenvalue weighted by molar-refractivity contribution is 7.12. The lowest BCUT2D eigenvalue weighted by molar-refractivity contribution is -0.154. The van der Waals surface area contributed by atoms with Crippen molar-refractivity contribution in [3.05, 3.63) is 67.3 Å². The van der Waals surface area contributed by atoms with Gasteiger partial charge in [0.05, 0.1) is 26.8 Å². The van der Waals surface area contributed by atoms with Gasteiger partial charge in [-0.05, 0) is 35.7 Å². The summed E-state index contributed by atoms with van der Waals surface area (Å²) in [5.41, 5.74) is 0.0680. The number of carbonyl (C=O) groups is 4. The number of nitrogens with zero attached hydrogens (tertiary/aromatic N) is 2. The van der Waals surface area contributed by atoms with Crippen LogP contribution in [0.4, 0.5) is 0 Å². The van der Waals surface area contributed by atoms with Gasteiger partial charge in [-0.3, -0.25) is 19.2 Å². The Morgan fingerprint density at radius 2 is 1.42 bits per heavy atom. The standard InChI is InChI=1S/C22H11Cl7N2O4S/c23-10-5-3-9(4-6-10)17(33)30(8-11(32)12-2-1-7-36-12)31-18(34)13-14(19(31)35)21(27)16(25)15(24)20(13,26)22(21,28)29/h1-7,13-14H,8H2/t13-,14-,20+,21+/m0/s1. The molecule has 2 fully saturated rings. The Labute approximate surface area is 243 Å². The summed E-state index contributed by atoms with van der Waals surface area (Å²) in [6, 6.07) is 8.91. The number of alkyl halides is 4. The van der Waals surface area contributed by atoms with E-state index in [4.69, 9.17) is 81.2 Å². The van der Waals surface area contributed by atoms with Crippen LogP contribution in [-0.4, -0.2) is 54.1 Å². The van der Waals surface area contributed by atoms with Crippen LogP contribution in [-0.2, 0) is 9.59 Å². The van der Waals surface area contributed by atoms with E-state index in [1.165, 1.54) is 24.3 Å². The molecule has 2 aliphatic carbocycles. The first kappa shape index (κ1) is 26.6. The van der Waals surface area contributed by atoms with E-state index in [1.54, 1.807) is 17.5 Å². The van der Waals surface area contributed by atoms with Crippen molar-refractivity contribution in [2.45, 2.75) is 14.1 Å². The third kappa shape index (κ3) is 3.24. The van der Waals surface area contributed by atoms with Gasteiger partial charge in [-0.25, -0.2) is 5.01 Å². The Morgan fingerprint density at radius 3 is 1.89 bits per heavy atom. The second-order valence-electron chi connectivity index (χ2n) is 8.34. The number of benzene rings is 1. The molecule has 0 N–H and O–H groups in total. The number of hydrogen-bond acceptors (Lipinski definition) is 5. The minimum absolute atomic E-state index is 0.0680. The number of rotatable bonds is 5. The second-order valence-corrected chi connectivity index (χ2v) is 13.0. The van der Waals surface area contributed by atoms with E-state index in [1.807, 2.05) is 0 Å². The first-order valence-corrected chi connectivity index (χ1v) is 13.7. The molecule has 2 bridgehead atoms. The highest BCUT2D eigenvalue weighted by Crippen LogP contribution is 2.77. The molecular weight excluding hydrogens is 636 g/mol. The number of halogens is 7. The average Bonchev–Trinajstić information content (AvgIpc) is 3.52. The monoisotopic (exact) mass is 644 g/mol. The van der Waals surface area contributed by atoms with Gasteiger partial charge in [0.1, 0.15) is 16.3 Å². The normalized spacial score (nSPS) is 30.2. The van der Waals surface area contributed by atoms with Crippen molar-refractivity contribution in [1.29, 1.82) is 0 Å². The fourth-order valence-corrected chi connectivity index (χ4v) is 8.56. The lowest BCUT2D eigenvalue weighted by atomic mass is 9.84. The summed E-state index contributed by atoms with van der Waals surface area (Å²) in [5, 5.41) is 2.82. The number of carbonyl (C=O) groups excluding carboxylic acids is 4. The van der Waals surface area contributed by atoms with Crippen LogP contribution < -0.4 is 0 Å². The van der Waals surface area contributed by atoms with Gasteiger partial charge >= 0.3 is 0 Å². The molecule has 3 aliphatic rings. The number of imide groups is 1. The summed E-state index contributed by atoms with van der Waals surface area (Å²) in [4.78, 5) is 50.3. The first-order valence-electron chi connectivity index (χ1n) is 10.1. The van der Waals surface area contributed by atoms with Gasteiger partial charge in [0.2, 0.25) is 0 Å². The number of Topliss-reactive ketones (excluding diaryl/α,β-unsaturated/α-hetero) is 1. The number of amides is 3. The Hall–Kier alpha value is -1.03.